The third kappa shape index (κ3) is 1.96. The van der Waals surface area contributed by atoms with Crippen molar-refractivity contribution in [2.24, 2.45) is 0 Å². The fraction of sp³-hybridized carbons (Fsp3) is 0.214. The van der Waals surface area contributed by atoms with Gasteiger partial charge in [-0.3, -0.25) is 4.68 Å². The van der Waals surface area contributed by atoms with Gasteiger partial charge in [0, 0.05) is 18.1 Å². The fourth-order valence-corrected chi connectivity index (χ4v) is 2.54. The van der Waals surface area contributed by atoms with Crippen LogP contribution >= 0.6 is 0 Å². The maximum Gasteiger partial charge on any atom is 0.275 e. The van der Waals surface area contributed by atoms with Gasteiger partial charge in [-0.2, -0.15) is 10.4 Å². The maximum absolute atomic E-state index is 13.0. The molecule has 0 fully saturated rings. The molecule has 0 unspecified atom stereocenters. The number of nitrogens with zero attached hydrogens (tertiary/aromatic N) is 4. The number of nitriles is 2. The highest BCUT2D eigenvalue weighted by Crippen LogP contribution is 2.28. The molecule has 1 aliphatic rings. The second-order valence-electron chi connectivity index (χ2n) is 4.83. The molecule has 0 saturated carbocycles. The van der Waals surface area contributed by atoms with Gasteiger partial charge in [0.2, 0.25) is 0 Å². The first kappa shape index (κ1) is 12.4. The van der Waals surface area contributed by atoms with Crippen molar-refractivity contribution in [1.82, 2.24) is 9.78 Å². The fourth-order valence-electron chi connectivity index (χ4n) is 2.54. The van der Waals surface area contributed by atoms with E-state index < -0.39 is 0 Å². The lowest BCUT2D eigenvalue weighted by Crippen LogP contribution is -2.26. The molecule has 2 aromatic rings. The largest absolute Gasteiger partial charge is 0.275 e. The molecule has 0 spiro atoms. The van der Waals surface area contributed by atoms with Crippen molar-refractivity contribution >= 4 is 6.71 Å². The zero-order valence-electron chi connectivity index (χ0n) is 10.7. The van der Waals surface area contributed by atoms with Gasteiger partial charge in [-0.05, 0) is 36.9 Å². The molecule has 0 radical (unpaired) electrons. The van der Waals surface area contributed by atoms with Gasteiger partial charge in [0.05, 0.1) is 5.69 Å². The van der Waals surface area contributed by atoms with E-state index in [-0.39, 0.29) is 12.5 Å². The average Bonchev–Trinajstić information content (AvgIpc) is 2.85. The van der Waals surface area contributed by atoms with E-state index in [0.29, 0.717) is 24.1 Å². The van der Waals surface area contributed by atoms with Gasteiger partial charge in [-0.25, -0.2) is 9.65 Å². The van der Waals surface area contributed by atoms with Crippen LogP contribution in [0.4, 0.5) is 4.39 Å². The molecule has 3 rings (SSSR count). The number of rotatable bonds is 1. The standard InChI is InChI=1S/C14H10BFN4/c16-11-3-1-10(2-4-11)14-12(8-17)13-7-15(9-18)5-6-20(13)19-14/h1-4H,5-7H2. The minimum Gasteiger partial charge on any atom is -0.269 e. The Hall–Kier alpha value is -2.60. The zero-order valence-corrected chi connectivity index (χ0v) is 10.7. The molecule has 0 aliphatic carbocycles. The first-order valence-electron chi connectivity index (χ1n) is 6.38. The number of aromatic nitrogens is 2. The quantitative estimate of drug-likeness (QED) is 0.741. The summed E-state index contributed by atoms with van der Waals surface area (Å²) in [4.78, 5) is 0. The Balaban J connectivity index is 2.10. The molecule has 4 nitrogen and oxygen atoms in total. The SMILES string of the molecule is N#CB1CCn2nc(-c3ccc(F)cc3)c(C#N)c2C1. The molecule has 6 heteroatoms. The Labute approximate surface area is 116 Å². The second-order valence-corrected chi connectivity index (χ2v) is 4.83. The molecule has 2 heterocycles. The van der Waals surface area contributed by atoms with Crippen LogP contribution in [-0.4, -0.2) is 16.5 Å². The van der Waals surface area contributed by atoms with Crippen LogP contribution in [-0.2, 0) is 12.9 Å². The summed E-state index contributed by atoms with van der Waals surface area (Å²) >= 11 is 0. The summed E-state index contributed by atoms with van der Waals surface area (Å²) in [6.45, 7) is 0.580. The van der Waals surface area contributed by atoms with E-state index in [4.69, 9.17) is 5.26 Å². The molecule has 0 N–H and O–H groups in total. The van der Waals surface area contributed by atoms with Crippen molar-refractivity contribution in [2.45, 2.75) is 19.2 Å². The molecule has 0 amide bonds. The van der Waals surface area contributed by atoms with Crippen LogP contribution in [0.2, 0.25) is 6.32 Å². The van der Waals surface area contributed by atoms with E-state index in [1.807, 2.05) is 0 Å². The van der Waals surface area contributed by atoms with Crippen LogP contribution in [0.25, 0.3) is 11.3 Å². The van der Waals surface area contributed by atoms with Gasteiger partial charge >= 0.3 is 0 Å². The van der Waals surface area contributed by atoms with Crippen LogP contribution in [0.15, 0.2) is 24.3 Å². The molecule has 96 valence electrons. The Morgan fingerprint density at radius 2 is 2.00 bits per heavy atom. The van der Waals surface area contributed by atoms with Crippen molar-refractivity contribution in [1.29, 1.82) is 10.5 Å². The Bertz CT molecular complexity index is 736. The molecule has 0 saturated heterocycles. The molecule has 0 atom stereocenters. The van der Waals surface area contributed by atoms with E-state index in [0.717, 1.165) is 17.6 Å². The van der Waals surface area contributed by atoms with Crippen LogP contribution in [0.1, 0.15) is 11.3 Å². The van der Waals surface area contributed by atoms with Gasteiger partial charge < -0.3 is 0 Å². The number of fused-ring (bicyclic) bond motifs is 1. The summed E-state index contributed by atoms with van der Waals surface area (Å²) in [5.41, 5.74) is 2.60. The average molecular weight is 264 g/mol. The van der Waals surface area contributed by atoms with Gasteiger partial charge in [-0.15, -0.1) is 0 Å². The predicted octanol–water partition coefficient (Wildman–Crippen LogP) is 2.21. The third-order valence-electron chi connectivity index (χ3n) is 3.60. The molecule has 1 aromatic heterocycles. The van der Waals surface area contributed by atoms with Crippen LogP contribution in [0.3, 0.4) is 0 Å². The molecule has 1 aromatic carbocycles. The Morgan fingerprint density at radius 1 is 1.25 bits per heavy atom. The monoisotopic (exact) mass is 264 g/mol. The summed E-state index contributed by atoms with van der Waals surface area (Å²) in [7, 11) is 0. The first-order valence-corrected chi connectivity index (χ1v) is 6.38. The molecular weight excluding hydrogens is 254 g/mol. The summed E-state index contributed by atoms with van der Waals surface area (Å²) < 4.78 is 14.8. The highest BCUT2D eigenvalue weighted by atomic mass is 19.1. The lowest BCUT2D eigenvalue weighted by Gasteiger charge is -2.15. The minimum atomic E-state index is -0.319. The normalized spacial score (nSPS) is 13.4. The van der Waals surface area contributed by atoms with Crippen molar-refractivity contribution in [3.63, 3.8) is 0 Å². The van der Waals surface area contributed by atoms with Crippen LogP contribution < -0.4 is 0 Å². The van der Waals surface area contributed by atoms with Crippen molar-refractivity contribution in [2.75, 3.05) is 0 Å². The molecule has 20 heavy (non-hydrogen) atoms. The number of benzene rings is 1. The molecule has 0 bridgehead atoms. The molecule has 1 aliphatic heterocycles. The smallest absolute Gasteiger partial charge is 0.269 e. The topological polar surface area (TPSA) is 65.4 Å². The first-order chi connectivity index (χ1) is 9.72. The van der Waals surface area contributed by atoms with E-state index in [1.54, 1.807) is 16.8 Å². The van der Waals surface area contributed by atoms with E-state index >= 15 is 0 Å². The predicted molar refractivity (Wildman–Crippen MR) is 72.2 cm³/mol. The van der Waals surface area contributed by atoms with Gasteiger partial charge in [-0.1, -0.05) is 0 Å². The zero-order chi connectivity index (χ0) is 14.1. The summed E-state index contributed by atoms with van der Waals surface area (Å²) in [6.07, 6.45) is 1.30. The van der Waals surface area contributed by atoms with Gasteiger partial charge in [0.25, 0.3) is 6.71 Å². The van der Waals surface area contributed by atoms with Crippen molar-refractivity contribution in [3.05, 3.63) is 41.3 Å². The highest BCUT2D eigenvalue weighted by molar-refractivity contribution is 6.66. The van der Waals surface area contributed by atoms with E-state index in [2.05, 4.69) is 17.1 Å². The van der Waals surface area contributed by atoms with E-state index in [1.165, 1.54) is 12.1 Å². The van der Waals surface area contributed by atoms with Crippen molar-refractivity contribution in [3.8, 4) is 23.3 Å². The number of halogens is 1. The summed E-state index contributed by atoms with van der Waals surface area (Å²) in [6, 6.07) is 8.12. The third-order valence-corrected chi connectivity index (χ3v) is 3.60. The van der Waals surface area contributed by atoms with E-state index in [9.17, 15) is 9.65 Å². The Kier molecular flexibility index (Phi) is 3.00. The molecular formula is C14H10BFN4. The lowest BCUT2D eigenvalue weighted by atomic mass is 9.45. The van der Waals surface area contributed by atoms with Crippen LogP contribution in [0, 0.1) is 28.4 Å². The minimum absolute atomic E-state index is 0.0626. The second kappa shape index (κ2) is 4.83. The Morgan fingerprint density at radius 3 is 2.65 bits per heavy atom. The highest BCUT2D eigenvalue weighted by Gasteiger charge is 2.28. The van der Waals surface area contributed by atoms with Crippen LogP contribution in [0.5, 0.6) is 0 Å². The summed E-state index contributed by atoms with van der Waals surface area (Å²) in [5, 5.41) is 22.9. The van der Waals surface area contributed by atoms with Gasteiger partial charge in [0.1, 0.15) is 23.1 Å². The van der Waals surface area contributed by atoms with Crippen molar-refractivity contribution < 1.29 is 4.39 Å². The summed E-state index contributed by atoms with van der Waals surface area (Å²) in [5.74, 6) is 1.93. The number of hydrogen-bond acceptors (Lipinski definition) is 3. The lowest BCUT2D eigenvalue weighted by molar-refractivity contribution is 0.616. The number of aryl methyl sites for hydroxylation is 1. The maximum atomic E-state index is 13.0. The van der Waals surface area contributed by atoms with Gasteiger partial charge in [0.15, 0.2) is 0 Å². The number of hydrogen-bond donors (Lipinski definition) is 0.